The van der Waals surface area contributed by atoms with Gasteiger partial charge in [0.25, 0.3) is 0 Å². The zero-order valence-corrected chi connectivity index (χ0v) is 10.4. The minimum Gasteiger partial charge on any atom is -0.381 e. The lowest BCUT2D eigenvalue weighted by atomic mass is 9.99. The summed E-state index contributed by atoms with van der Waals surface area (Å²) in [6.07, 6.45) is 3.17. The molecule has 2 heterocycles. The molecular weight excluding hydrogens is 226 g/mol. The normalized spacial score (nSPS) is 17.9. The summed E-state index contributed by atoms with van der Waals surface area (Å²) in [4.78, 5) is 0. The number of halogens is 1. The number of rotatable bonds is 4. The first-order valence-electron chi connectivity index (χ1n) is 5.92. The Morgan fingerprint density at radius 2 is 2.12 bits per heavy atom. The first kappa shape index (κ1) is 11.9. The van der Waals surface area contributed by atoms with Gasteiger partial charge in [0.15, 0.2) is 0 Å². The van der Waals surface area contributed by atoms with Gasteiger partial charge in [-0.15, -0.1) is 21.8 Å². The fourth-order valence-corrected chi connectivity index (χ4v) is 2.37. The molecule has 1 aliphatic rings. The van der Waals surface area contributed by atoms with Crippen molar-refractivity contribution in [2.75, 3.05) is 13.2 Å². The van der Waals surface area contributed by atoms with E-state index in [1.165, 1.54) is 0 Å². The second-order valence-electron chi connectivity index (χ2n) is 4.15. The van der Waals surface area contributed by atoms with Crippen molar-refractivity contribution in [3.05, 3.63) is 11.6 Å². The fraction of sp³-hybridized carbons (Fsp3) is 0.818. The number of nitrogens with zero attached hydrogens (tertiary/aromatic N) is 3. The summed E-state index contributed by atoms with van der Waals surface area (Å²) < 4.78 is 7.55. The Kier molecular flexibility index (Phi) is 4.18. The Hall–Kier alpha value is -0.610. The van der Waals surface area contributed by atoms with Gasteiger partial charge in [-0.25, -0.2) is 0 Å². The summed E-state index contributed by atoms with van der Waals surface area (Å²) in [7, 11) is 0. The number of hydrogen-bond donors (Lipinski definition) is 0. The van der Waals surface area contributed by atoms with Crippen molar-refractivity contribution in [3.8, 4) is 0 Å². The van der Waals surface area contributed by atoms with Crippen LogP contribution in [0.4, 0.5) is 0 Å². The van der Waals surface area contributed by atoms with Crippen LogP contribution in [0.2, 0.25) is 0 Å². The Morgan fingerprint density at radius 1 is 1.38 bits per heavy atom. The van der Waals surface area contributed by atoms with Gasteiger partial charge in [-0.1, -0.05) is 6.92 Å². The average molecular weight is 244 g/mol. The number of aromatic nitrogens is 3. The molecule has 0 aromatic carbocycles. The van der Waals surface area contributed by atoms with Gasteiger partial charge in [0.2, 0.25) is 0 Å². The summed E-state index contributed by atoms with van der Waals surface area (Å²) in [6.45, 7) is 4.78. The lowest BCUT2D eigenvalue weighted by Crippen LogP contribution is -2.18. The van der Waals surface area contributed by atoms with Crippen LogP contribution in [-0.4, -0.2) is 28.0 Å². The maximum absolute atomic E-state index is 5.87. The van der Waals surface area contributed by atoms with E-state index in [9.17, 15) is 0 Å². The van der Waals surface area contributed by atoms with Crippen molar-refractivity contribution < 1.29 is 4.74 Å². The molecule has 16 heavy (non-hydrogen) atoms. The molecule has 4 nitrogen and oxygen atoms in total. The lowest BCUT2D eigenvalue weighted by molar-refractivity contribution is 0.0827. The number of alkyl halides is 1. The topological polar surface area (TPSA) is 39.9 Å². The van der Waals surface area contributed by atoms with Crippen LogP contribution in [0.1, 0.15) is 43.8 Å². The van der Waals surface area contributed by atoms with Crippen LogP contribution in [0.5, 0.6) is 0 Å². The van der Waals surface area contributed by atoms with Crippen LogP contribution in [0.3, 0.4) is 0 Å². The molecular formula is C11H18ClN3O. The first-order chi connectivity index (χ1) is 7.86. The van der Waals surface area contributed by atoms with E-state index in [4.69, 9.17) is 16.3 Å². The lowest BCUT2D eigenvalue weighted by Gasteiger charge is -2.22. The second-order valence-corrected chi connectivity index (χ2v) is 4.41. The number of ether oxygens (including phenoxy) is 1. The molecule has 0 amide bonds. The molecule has 0 atom stereocenters. The second kappa shape index (κ2) is 5.64. The third kappa shape index (κ3) is 2.38. The maximum Gasteiger partial charge on any atom is 0.147 e. The highest BCUT2D eigenvalue weighted by atomic mass is 35.5. The summed E-state index contributed by atoms with van der Waals surface area (Å²) in [5, 5.41) is 8.47. The molecule has 0 N–H and O–H groups in total. The van der Waals surface area contributed by atoms with Gasteiger partial charge in [-0.05, 0) is 19.3 Å². The molecule has 1 aromatic rings. The zero-order valence-electron chi connectivity index (χ0n) is 9.65. The van der Waals surface area contributed by atoms with Crippen molar-refractivity contribution in [2.45, 2.75) is 44.5 Å². The van der Waals surface area contributed by atoms with Crippen LogP contribution < -0.4 is 0 Å². The van der Waals surface area contributed by atoms with Crippen molar-refractivity contribution in [1.82, 2.24) is 14.8 Å². The molecule has 1 saturated heterocycles. The molecule has 90 valence electrons. The Bertz CT molecular complexity index is 334. The van der Waals surface area contributed by atoms with Crippen LogP contribution in [-0.2, 0) is 17.2 Å². The van der Waals surface area contributed by atoms with Crippen LogP contribution in [0.25, 0.3) is 0 Å². The smallest absolute Gasteiger partial charge is 0.147 e. The summed E-state index contributed by atoms with van der Waals surface area (Å²) in [5.41, 5.74) is 0. The summed E-state index contributed by atoms with van der Waals surface area (Å²) >= 11 is 5.87. The molecule has 0 aliphatic carbocycles. The molecule has 1 aromatic heterocycles. The number of hydrogen-bond acceptors (Lipinski definition) is 3. The van der Waals surface area contributed by atoms with Gasteiger partial charge in [0, 0.05) is 25.7 Å². The van der Waals surface area contributed by atoms with Gasteiger partial charge in [0.1, 0.15) is 11.6 Å². The SMILES string of the molecule is CCCn1c(CCl)nnc1C1CCOCC1. The summed E-state index contributed by atoms with van der Waals surface area (Å²) in [5.74, 6) is 2.92. The molecule has 0 radical (unpaired) electrons. The summed E-state index contributed by atoms with van der Waals surface area (Å²) in [6, 6.07) is 0. The van der Waals surface area contributed by atoms with Crippen molar-refractivity contribution in [1.29, 1.82) is 0 Å². The van der Waals surface area contributed by atoms with Gasteiger partial charge in [-0.3, -0.25) is 0 Å². The van der Waals surface area contributed by atoms with Crippen LogP contribution >= 0.6 is 11.6 Å². The molecule has 2 rings (SSSR count). The highest BCUT2D eigenvalue weighted by Gasteiger charge is 2.22. The van der Waals surface area contributed by atoms with Crippen molar-refractivity contribution in [2.24, 2.45) is 0 Å². The highest BCUT2D eigenvalue weighted by Crippen LogP contribution is 2.26. The predicted octanol–water partition coefficient (Wildman–Crippen LogP) is 2.32. The third-order valence-corrected chi connectivity index (χ3v) is 3.25. The minimum absolute atomic E-state index is 0.441. The molecule has 1 aliphatic heterocycles. The zero-order chi connectivity index (χ0) is 11.4. The molecule has 0 spiro atoms. The molecule has 1 fully saturated rings. The minimum atomic E-state index is 0.441. The molecule has 0 bridgehead atoms. The highest BCUT2D eigenvalue weighted by molar-refractivity contribution is 6.16. The van der Waals surface area contributed by atoms with Crippen molar-refractivity contribution in [3.63, 3.8) is 0 Å². The standard InChI is InChI=1S/C11H18ClN3O/c1-2-5-15-10(8-12)13-14-11(15)9-3-6-16-7-4-9/h9H,2-8H2,1H3. The molecule has 0 saturated carbocycles. The quantitative estimate of drug-likeness (QED) is 0.762. The largest absolute Gasteiger partial charge is 0.381 e. The monoisotopic (exact) mass is 243 g/mol. The average Bonchev–Trinajstić information content (AvgIpc) is 2.74. The first-order valence-corrected chi connectivity index (χ1v) is 6.46. The van der Waals surface area contributed by atoms with Crippen molar-refractivity contribution >= 4 is 11.6 Å². The van der Waals surface area contributed by atoms with E-state index < -0.39 is 0 Å². The third-order valence-electron chi connectivity index (χ3n) is 3.01. The van der Waals surface area contributed by atoms with E-state index in [0.717, 1.165) is 50.7 Å². The molecule has 5 heteroatoms. The Balaban J connectivity index is 2.20. The van der Waals surface area contributed by atoms with E-state index in [1.54, 1.807) is 0 Å². The Morgan fingerprint density at radius 3 is 2.75 bits per heavy atom. The van der Waals surface area contributed by atoms with E-state index in [2.05, 4.69) is 21.7 Å². The van der Waals surface area contributed by atoms with E-state index in [1.807, 2.05) is 0 Å². The van der Waals surface area contributed by atoms with Crippen LogP contribution in [0.15, 0.2) is 0 Å². The van der Waals surface area contributed by atoms with Crippen LogP contribution in [0, 0.1) is 0 Å². The van der Waals surface area contributed by atoms with E-state index in [0.29, 0.717) is 11.8 Å². The van der Waals surface area contributed by atoms with Gasteiger partial charge < -0.3 is 9.30 Å². The molecule has 0 unspecified atom stereocenters. The van der Waals surface area contributed by atoms with Gasteiger partial charge in [-0.2, -0.15) is 0 Å². The fourth-order valence-electron chi connectivity index (χ4n) is 2.17. The predicted molar refractivity (Wildman–Crippen MR) is 62.7 cm³/mol. The van der Waals surface area contributed by atoms with Gasteiger partial charge >= 0.3 is 0 Å². The maximum atomic E-state index is 5.87. The Labute approximate surface area is 101 Å². The van der Waals surface area contributed by atoms with Gasteiger partial charge in [0.05, 0.1) is 5.88 Å². The van der Waals surface area contributed by atoms with E-state index >= 15 is 0 Å². The van der Waals surface area contributed by atoms with E-state index in [-0.39, 0.29) is 0 Å².